The van der Waals surface area contributed by atoms with Crippen molar-refractivity contribution in [3.8, 4) is 22.6 Å². The number of pyridine rings is 1. The second-order valence-electron chi connectivity index (χ2n) is 16.7. The predicted octanol–water partition coefficient (Wildman–Crippen LogP) is 10.7. The molecule has 2 heterocycles. The van der Waals surface area contributed by atoms with Gasteiger partial charge in [0.15, 0.2) is 0 Å². The maximum Gasteiger partial charge on any atom is 0.494 e. The fourth-order valence-electron chi connectivity index (χ4n) is 8.27. The van der Waals surface area contributed by atoms with Crippen LogP contribution in [0.25, 0.3) is 11.1 Å². The van der Waals surface area contributed by atoms with Crippen LogP contribution in [0.1, 0.15) is 120 Å². The molecule has 0 spiro atoms. The third-order valence-corrected chi connectivity index (χ3v) is 13.0. The molecule has 58 heavy (non-hydrogen) atoms. The highest BCUT2D eigenvalue weighted by molar-refractivity contribution is 6.62. The van der Waals surface area contributed by atoms with E-state index in [-0.39, 0.29) is 41.5 Å². The van der Waals surface area contributed by atoms with E-state index in [1.165, 1.54) is 29.4 Å². The van der Waals surface area contributed by atoms with Crippen molar-refractivity contribution < 1.29 is 29.1 Å². The Morgan fingerprint density at radius 1 is 0.638 bits per heavy atom. The number of esters is 1. The lowest BCUT2D eigenvalue weighted by Gasteiger charge is -2.34. The molecule has 0 atom stereocenters. The van der Waals surface area contributed by atoms with Gasteiger partial charge in [-0.2, -0.15) is 0 Å². The maximum absolute atomic E-state index is 11.6. The zero-order valence-corrected chi connectivity index (χ0v) is 36.4. The number of aryl methyl sites for hydroxylation is 2. The fraction of sp³-hybridized carbons (Fsp3) is 0.400. The van der Waals surface area contributed by atoms with Gasteiger partial charge in [-0.1, -0.05) is 100 Å². The van der Waals surface area contributed by atoms with Crippen LogP contribution in [0.5, 0.6) is 11.5 Å². The third kappa shape index (κ3) is 8.89. The molecular weight excluding hydrogens is 721 g/mol. The highest BCUT2D eigenvalue weighted by Gasteiger charge is 2.51. The van der Waals surface area contributed by atoms with Gasteiger partial charge in [0.2, 0.25) is 0 Å². The molecule has 1 fully saturated rings. The van der Waals surface area contributed by atoms with Crippen molar-refractivity contribution in [1.29, 1.82) is 0 Å². The predicted molar refractivity (Wildman–Crippen MR) is 236 cm³/mol. The molecule has 7 nitrogen and oxygen atoms in total. The lowest BCUT2D eigenvalue weighted by molar-refractivity contribution is -0.139. The number of hydrogen-bond donors (Lipinski definition) is 2. The fourth-order valence-corrected chi connectivity index (χ4v) is 8.27. The molecule has 0 bridgehead atoms. The first-order valence-corrected chi connectivity index (χ1v) is 20.7. The van der Waals surface area contributed by atoms with Gasteiger partial charge in [0.1, 0.15) is 11.5 Å². The lowest BCUT2D eigenvalue weighted by Crippen LogP contribution is -2.41. The van der Waals surface area contributed by atoms with E-state index < -0.39 is 0 Å². The highest BCUT2D eigenvalue weighted by atomic mass is 16.7. The van der Waals surface area contributed by atoms with E-state index in [1.54, 1.807) is 12.3 Å². The quantitative estimate of drug-likeness (QED) is 0.0960. The second kappa shape index (κ2) is 17.9. The summed E-state index contributed by atoms with van der Waals surface area (Å²) in [5, 5.41) is 19.9. The summed E-state index contributed by atoms with van der Waals surface area (Å²) in [6.45, 7) is 21.1. The number of phenols is 2. The summed E-state index contributed by atoms with van der Waals surface area (Å²) in [6, 6.07) is 31.1. The van der Waals surface area contributed by atoms with Gasteiger partial charge < -0.3 is 24.3 Å². The van der Waals surface area contributed by atoms with Gasteiger partial charge in [0, 0.05) is 28.8 Å². The van der Waals surface area contributed by atoms with E-state index >= 15 is 0 Å². The molecule has 0 amide bonds. The van der Waals surface area contributed by atoms with Crippen LogP contribution in [-0.2, 0) is 36.1 Å². The Morgan fingerprint density at radius 3 is 1.48 bits per heavy atom. The summed E-state index contributed by atoms with van der Waals surface area (Å²) in [5.41, 5.74) is 9.85. The van der Waals surface area contributed by atoms with Crippen LogP contribution in [0.3, 0.4) is 0 Å². The van der Waals surface area contributed by atoms with E-state index in [4.69, 9.17) is 14.0 Å². The van der Waals surface area contributed by atoms with E-state index in [0.29, 0.717) is 11.5 Å². The molecule has 5 aromatic rings. The van der Waals surface area contributed by atoms with Crippen molar-refractivity contribution >= 4 is 18.6 Å². The zero-order chi connectivity index (χ0) is 42.5. The van der Waals surface area contributed by atoms with Gasteiger partial charge in [-0.3, -0.25) is 9.78 Å². The summed E-state index contributed by atoms with van der Waals surface area (Å²) >= 11 is 0. The standard InChI is InChI=1S/C26H29NO3.C24H33BO3/c1-5-26(6-2,23-11-12-24(28)18(3)13-23)22-9-7-20(8-10-22)21-14-19(16-27-17-21)15-25(29)30-4;1-8-24(9-2,19-12-15-21(26)17(3)16-19)18-10-13-20(14-11-18)25-27-22(4,5)23(6,7)28-25/h7-14,16-17,28H,5-6,15H2,1-4H3;10-16,26H,8-9H2,1-7H3. The van der Waals surface area contributed by atoms with Gasteiger partial charge >= 0.3 is 13.1 Å². The summed E-state index contributed by atoms with van der Waals surface area (Å²) in [6.07, 6.45) is 7.62. The Bertz CT molecular complexity index is 2150. The SMILES string of the molecule is CCC(CC)(c1ccc(-c2cncc(CC(=O)OC)c2)cc1)c1ccc(O)c(C)c1.CCC(CC)(c1ccc(B2OC(C)(C)C(C)(C)O2)cc1)c1ccc(O)c(C)c1. The first-order valence-electron chi connectivity index (χ1n) is 20.7. The minimum Gasteiger partial charge on any atom is -0.508 e. The first kappa shape index (κ1) is 44.2. The Morgan fingerprint density at radius 2 is 1.07 bits per heavy atom. The number of carbonyl (C=O) groups excluding carboxylic acids is 1. The molecule has 0 unspecified atom stereocenters. The van der Waals surface area contributed by atoms with Crippen molar-refractivity contribution in [3.63, 3.8) is 0 Å². The number of aromatic hydroxyl groups is 2. The number of rotatable bonds is 12. The molecule has 1 saturated heterocycles. The number of ether oxygens (including phenoxy) is 1. The van der Waals surface area contributed by atoms with Crippen molar-refractivity contribution in [2.24, 2.45) is 0 Å². The molecule has 2 N–H and O–H groups in total. The minimum absolute atomic E-state index is 0.0765. The third-order valence-electron chi connectivity index (χ3n) is 13.0. The molecule has 0 aliphatic carbocycles. The first-order chi connectivity index (χ1) is 27.5. The number of nitrogens with zero attached hydrogens (tertiary/aromatic N) is 1. The van der Waals surface area contributed by atoms with Crippen LogP contribution in [0.15, 0.2) is 103 Å². The molecule has 306 valence electrons. The van der Waals surface area contributed by atoms with Crippen molar-refractivity contribution in [2.75, 3.05) is 7.11 Å². The molecule has 0 radical (unpaired) electrons. The van der Waals surface area contributed by atoms with Gasteiger partial charge in [-0.05, 0) is 135 Å². The van der Waals surface area contributed by atoms with Crippen LogP contribution in [-0.4, -0.2) is 46.6 Å². The number of methoxy groups -OCH3 is 1. The van der Waals surface area contributed by atoms with Crippen molar-refractivity contribution in [1.82, 2.24) is 4.98 Å². The molecule has 4 aromatic carbocycles. The minimum atomic E-state index is -0.340. The van der Waals surface area contributed by atoms with Crippen LogP contribution < -0.4 is 5.46 Å². The molecule has 1 aliphatic rings. The Labute approximate surface area is 347 Å². The Balaban J connectivity index is 0.000000221. The number of hydrogen-bond acceptors (Lipinski definition) is 7. The Hall–Kier alpha value is -4.92. The normalized spacial score (nSPS) is 14.8. The number of aromatic nitrogens is 1. The topological polar surface area (TPSA) is 98.1 Å². The van der Waals surface area contributed by atoms with Gasteiger partial charge in [0.25, 0.3) is 0 Å². The lowest BCUT2D eigenvalue weighted by atomic mass is 9.69. The van der Waals surface area contributed by atoms with Crippen LogP contribution >= 0.6 is 0 Å². The summed E-state index contributed by atoms with van der Waals surface area (Å²) in [7, 11) is 1.05. The molecule has 0 saturated carbocycles. The largest absolute Gasteiger partial charge is 0.508 e. The molecular formula is C50H62BNO6. The zero-order valence-electron chi connectivity index (χ0n) is 36.4. The number of carbonyl (C=O) groups is 1. The van der Waals surface area contributed by atoms with E-state index in [0.717, 1.165) is 59.0 Å². The summed E-state index contributed by atoms with van der Waals surface area (Å²) < 4.78 is 17.1. The van der Waals surface area contributed by atoms with Gasteiger partial charge in [-0.25, -0.2) is 0 Å². The van der Waals surface area contributed by atoms with Gasteiger partial charge in [0.05, 0.1) is 24.7 Å². The van der Waals surface area contributed by atoms with Crippen LogP contribution in [0.2, 0.25) is 0 Å². The van der Waals surface area contributed by atoms with E-state index in [9.17, 15) is 15.0 Å². The molecule has 8 heteroatoms. The van der Waals surface area contributed by atoms with Crippen LogP contribution in [0, 0.1) is 13.8 Å². The molecule has 1 aliphatic heterocycles. The highest BCUT2D eigenvalue weighted by Crippen LogP contribution is 2.42. The van der Waals surface area contributed by atoms with Gasteiger partial charge in [-0.15, -0.1) is 0 Å². The monoisotopic (exact) mass is 783 g/mol. The smallest absolute Gasteiger partial charge is 0.494 e. The maximum atomic E-state index is 11.6. The summed E-state index contributed by atoms with van der Waals surface area (Å²) in [5.74, 6) is 0.402. The van der Waals surface area contributed by atoms with Crippen LogP contribution in [0.4, 0.5) is 0 Å². The van der Waals surface area contributed by atoms with E-state index in [1.807, 2.05) is 38.2 Å². The van der Waals surface area contributed by atoms with Crippen molar-refractivity contribution in [3.05, 3.63) is 142 Å². The number of benzene rings is 4. The van der Waals surface area contributed by atoms with E-state index in [2.05, 4.69) is 127 Å². The number of phenolic OH excluding ortho intramolecular Hbond substituents is 2. The Kier molecular flexibility index (Phi) is 13.7. The molecule has 6 rings (SSSR count). The second-order valence-corrected chi connectivity index (χ2v) is 16.7. The van der Waals surface area contributed by atoms with Crippen molar-refractivity contribution in [2.45, 2.75) is 123 Å². The molecule has 1 aromatic heterocycles. The average molecular weight is 784 g/mol. The summed E-state index contributed by atoms with van der Waals surface area (Å²) in [4.78, 5) is 15.9. The average Bonchev–Trinajstić information content (AvgIpc) is 3.45.